The summed E-state index contributed by atoms with van der Waals surface area (Å²) in [6.45, 7) is 4.41. The molecule has 1 amide bonds. The van der Waals surface area contributed by atoms with E-state index in [1.807, 2.05) is 12.1 Å². The molecule has 3 heterocycles. The number of amides is 1. The molecule has 3 N–H and O–H groups in total. The maximum atomic E-state index is 12.3. The van der Waals surface area contributed by atoms with Crippen LogP contribution in [0.25, 0.3) is 28.4 Å². The van der Waals surface area contributed by atoms with Crippen LogP contribution in [-0.4, -0.2) is 84.5 Å². The number of allylic oxidation sites excluding steroid dienone is 1. The van der Waals surface area contributed by atoms with Crippen molar-refractivity contribution >= 4 is 28.6 Å². The Labute approximate surface area is 313 Å². The second-order valence-corrected chi connectivity index (χ2v) is 12.1. The summed E-state index contributed by atoms with van der Waals surface area (Å²) in [6.07, 6.45) is 7.01. The lowest BCUT2D eigenvalue weighted by molar-refractivity contribution is -0.123. The van der Waals surface area contributed by atoms with Gasteiger partial charge in [0.1, 0.15) is 11.5 Å². The summed E-state index contributed by atoms with van der Waals surface area (Å²) < 4.78 is 29.7. The maximum absolute atomic E-state index is 12.3. The van der Waals surface area contributed by atoms with Gasteiger partial charge in [-0.25, -0.2) is 4.98 Å². The fourth-order valence-electron chi connectivity index (χ4n) is 5.58. The summed E-state index contributed by atoms with van der Waals surface area (Å²) in [5, 5.41) is 19.8. The molecule has 0 fully saturated rings. The third-order valence-corrected chi connectivity index (χ3v) is 8.31. The number of fused-ring (bicyclic) bond motifs is 1. The number of nitrogens with one attached hydrogen (secondary N) is 3. The zero-order valence-electron chi connectivity index (χ0n) is 30.1. The molecule has 0 spiro atoms. The van der Waals surface area contributed by atoms with Crippen LogP contribution < -0.4 is 20.1 Å². The number of carbonyl (C=O) groups is 1. The second-order valence-electron chi connectivity index (χ2n) is 12.1. The van der Waals surface area contributed by atoms with Crippen molar-refractivity contribution in [2.24, 2.45) is 0 Å². The molecule has 3 aromatic carbocycles. The summed E-state index contributed by atoms with van der Waals surface area (Å²) >= 11 is 0. The number of rotatable bonds is 21. The minimum Gasteiger partial charge on any atom is -0.484 e. The first kappa shape index (κ1) is 37.6. The maximum Gasteiger partial charge on any atom is 0.258 e. The molecule has 278 valence electrons. The van der Waals surface area contributed by atoms with E-state index in [9.17, 15) is 4.79 Å². The van der Waals surface area contributed by atoms with Crippen molar-refractivity contribution in [3.05, 3.63) is 132 Å². The van der Waals surface area contributed by atoms with Gasteiger partial charge >= 0.3 is 0 Å². The number of hydrogen-bond acceptors (Lipinski definition) is 11. The van der Waals surface area contributed by atoms with E-state index in [0.29, 0.717) is 50.2 Å². The quantitative estimate of drug-likeness (QED) is 0.0635. The Morgan fingerprint density at radius 3 is 2.61 bits per heavy atom. The Bertz CT molecular complexity index is 2150. The zero-order chi connectivity index (χ0) is 37.4. The monoisotopic (exact) mass is 729 g/mol. The summed E-state index contributed by atoms with van der Waals surface area (Å²) in [7, 11) is 1.52. The van der Waals surface area contributed by atoms with Crippen molar-refractivity contribution < 1.29 is 28.3 Å². The van der Waals surface area contributed by atoms with Crippen molar-refractivity contribution in [3.8, 4) is 23.1 Å². The normalized spacial score (nSPS) is 11.3. The predicted molar refractivity (Wildman–Crippen MR) is 206 cm³/mol. The van der Waals surface area contributed by atoms with E-state index >= 15 is 0 Å². The van der Waals surface area contributed by atoms with Crippen molar-refractivity contribution in [1.29, 1.82) is 5.41 Å². The molecule has 0 aliphatic carbocycles. The lowest BCUT2D eigenvalue weighted by Gasteiger charge is -2.10. The first-order valence-electron chi connectivity index (χ1n) is 17.6. The molecule has 0 unspecified atom stereocenters. The minimum absolute atomic E-state index is 0.0637. The summed E-state index contributed by atoms with van der Waals surface area (Å²) in [5.74, 6) is 1.07. The fraction of sp³-hybridized carbons (Fsp3) is 0.244. The van der Waals surface area contributed by atoms with Gasteiger partial charge in [0.05, 0.1) is 33.5 Å². The van der Waals surface area contributed by atoms with Crippen LogP contribution in [0.2, 0.25) is 0 Å². The van der Waals surface area contributed by atoms with Gasteiger partial charge in [0.2, 0.25) is 11.7 Å². The van der Waals surface area contributed by atoms with E-state index in [1.54, 1.807) is 48.7 Å². The van der Waals surface area contributed by atoms with Gasteiger partial charge in [0, 0.05) is 61.1 Å². The Kier molecular flexibility index (Phi) is 13.7. The van der Waals surface area contributed by atoms with Gasteiger partial charge in [-0.15, -0.1) is 0 Å². The molecule has 3 aromatic heterocycles. The third-order valence-electron chi connectivity index (χ3n) is 8.31. The van der Waals surface area contributed by atoms with E-state index in [2.05, 4.69) is 85.1 Å². The summed E-state index contributed by atoms with van der Waals surface area (Å²) in [6, 6.07) is 29.7. The smallest absolute Gasteiger partial charge is 0.258 e. The van der Waals surface area contributed by atoms with Crippen LogP contribution in [0.5, 0.6) is 11.6 Å². The van der Waals surface area contributed by atoms with Crippen molar-refractivity contribution in [3.63, 3.8) is 0 Å². The SMILES string of the molecule is COc1cc(-c2nc(C(=N)/C=C\c3cccc(OCC(=O)NCCOCCOCCNCc4cccc5c4ccn5Cc4ccccc4)c3)no2)ccn1. The number of aromatic nitrogens is 4. The van der Waals surface area contributed by atoms with Crippen molar-refractivity contribution in [1.82, 2.24) is 30.3 Å². The van der Waals surface area contributed by atoms with Gasteiger partial charge in [-0.2, -0.15) is 4.98 Å². The lowest BCUT2D eigenvalue weighted by Crippen LogP contribution is -2.32. The number of carbonyl (C=O) groups excluding carboxylic acids is 1. The standard InChI is InChI=1S/C41H43N7O6/c1-50-39-26-32(15-17-45-39)41-46-40(47-54-41)36(42)14-13-30-9-5-11-34(25-30)53-29-38(49)44-19-22-52-24-23-51-21-18-43-27-33-10-6-12-37-35(33)16-20-48(37)28-31-7-3-2-4-8-31/h2-17,20,25-26,42-43H,18-19,21-24,27-29H2,1H3,(H,44,49)/b14-13-,42-36?. The highest BCUT2D eigenvalue weighted by Crippen LogP contribution is 2.22. The van der Waals surface area contributed by atoms with E-state index in [-0.39, 0.29) is 29.9 Å². The second kappa shape index (κ2) is 19.6. The number of ether oxygens (including phenoxy) is 4. The number of methoxy groups -OCH3 is 1. The van der Waals surface area contributed by atoms with Gasteiger partial charge in [-0.3, -0.25) is 10.2 Å². The van der Waals surface area contributed by atoms with E-state index in [4.69, 9.17) is 28.9 Å². The molecule has 0 saturated carbocycles. The topological polar surface area (TPSA) is 159 Å². The average molecular weight is 730 g/mol. The van der Waals surface area contributed by atoms with Crippen LogP contribution in [0.3, 0.4) is 0 Å². The largest absolute Gasteiger partial charge is 0.484 e. The zero-order valence-corrected chi connectivity index (χ0v) is 30.1. The first-order valence-corrected chi connectivity index (χ1v) is 17.6. The van der Waals surface area contributed by atoms with Crippen LogP contribution in [-0.2, 0) is 27.4 Å². The Balaban J connectivity index is 0.807. The van der Waals surface area contributed by atoms with Crippen LogP contribution in [0, 0.1) is 5.41 Å². The molecular weight excluding hydrogens is 686 g/mol. The lowest BCUT2D eigenvalue weighted by atomic mass is 10.1. The first-order chi connectivity index (χ1) is 26.6. The Morgan fingerprint density at radius 1 is 0.926 bits per heavy atom. The molecule has 0 aliphatic heterocycles. The predicted octanol–water partition coefficient (Wildman–Crippen LogP) is 5.54. The molecule has 0 radical (unpaired) electrons. The number of nitrogens with zero attached hydrogens (tertiary/aromatic N) is 4. The van der Waals surface area contributed by atoms with Crippen LogP contribution in [0.1, 0.15) is 22.5 Å². The molecule has 6 aromatic rings. The molecule has 0 bridgehead atoms. The summed E-state index contributed by atoms with van der Waals surface area (Å²) in [5.41, 5.74) is 5.24. The van der Waals surface area contributed by atoms with E-state index < -0.39 is 0 Å². The minimum atomic E-state index is -0.258. The van der Waals surface area contributed by atoms with Gasteiger partial charge in [-0.05, 0) is 53.1 Å². The average Bonchev–Trinajstić information content (AvgIpc) is 3.87. The molecule has 0 saturated heterocycles. The van der Waals surface area contributed by atoms with Crippen molar-refractivity contribution in [2.45, 2.75) is 13.1 Å². The fourth-order valence-corrected chi connectivity index (χ4v) is 5.58. The van der Waals surface area contributed by atoms with Crippen molar-refractivity contribution in [2.75, 3.05) is 53.2 Å². The third kappa shape index (κ3) is 10.9. The van der Waals surface area contributed by atoms with Crippen LogP contribution in [0.4, 0.5) is 0 Å². The van der Waals surface area contributed by atoms with Gasteiger partial charge < -0.3 is 38.7 Å². The van der Waals surface area contributed by atoms with Gasteiger partial charge in [0.15, 0.2) is 6.61 Å². The number of benzene rings is 3. The molecule has 13 heteroatoms. The van der Waals surface area contributed by atoms with E-state index in [1.165, 1.54) is 29.1 Å². The molecule has 0 atom stereocenters. The van der Waals surface area contributed by atoms with Crippen LogP contribution in [0.15, 0.2) is 114 Å². The highest BCUT2D eigenvalue weighted by molar-refractivity contribution is 6.06. The van der Waals surface area contributed by atoms with Crippen LogP contribution >= 0.6 is 0 Å². The highest BCUT2D eigenvalue weighted by atomic mass is 16.5. The Morgan fingerprint density at radius 2 is 1.76 bits per heavy atom. The molecular formula is C41H43N7O6. The highest BCUT2D eigenvalue weighted by Gasteiger charge is 2.13. The molecule has 0 aliphatic rings. The summed E-state index contributed by atoms with van der Waals surface area (Å²) in [4.78, 5) is 20.7. The Hall–Kier alpha value is -6.15. The molecule has 13 nitrogen and oxygen atoms in total. The number of hydrogen-bond donors (Lipinski definition) is 3. The molecule has 6 rings (SSSR count). The number of pyridine rings is 1. The van der Waals surface area contributed by atoms with Gasteiger partial charge in [0.25, 0.3) is 11.8 Å². The van der Waals surface area contributed by atoms with Gasteiger partial charge in [-0.1, -0.05) is 65.8 Å². The molecule has 54 heavy (non-hydrogen) atoms. The van der Waals surface area contributed by atoms with E-state index in [0.717, 1.165) is 25.2 Å².